The lowest BCUT2D eigenvalue weighted by Crippen LogP contribution is -2.07. The number of hydrogen-bond acceptors (Lipinski definition) is 2. The fourth-order valence-electron chi connectivity index (χ4n) is 1.45. The molecular formula is C10H11ClN2O2. The van der Waals surface area contributed by atoms with Gasteiger partial charge in [0.25, 0.3) is 0 Å². The van der Waals surface area contributed by atoms with E-state index in [0.29, 0.717) is 0 Å². The molecule has 5 heteroatoms. The summed E-state index contributed by atoms with van der Waals surface area (Å²) in [7, 11) is 0. The summed E-state index contributed by atoms with van der Waals surface area (Å²) in [5, 5.41) is 8.65. The zero-order valence-electron chi connectivity index (χ0n) is 8.17. The standard InChI is InChI=1S/C10H10N2O2.ClH/c1-7-2-3-9-8(4-7)11-6-12(9)5-10(13)14;/h2-4,6H,5H2,1H3,(H,13,14);1H. The number of carbonyl (C=O) groups is 1. The zero-order chi connectivity index (χ0) is 10.1. The number of nitrogens with zero attached hydrogens (tertiary/aromatic N) is 2. The number of halogens is 1. The minimum absolute atomic E-state index is 0. The van der Waals surface area contributed by atoms with E-state index in [4.69, 9.17) is 5.11 Å². The Labute approximate surface area is 93.0 Å². The third-order valence-electron chi connectivity index (χ3n) is 2.08. The molecule has 15 heavy (non-hydrogen) atoms. The molecule has 2 aromatic rings. The van der Waals surface area contributed by atoms with Gasteiger partial charge in [-0.1, -0.05) is 6.07 Å². The maximum absolute atomic E-state index is 10.5. The lowest BCUT2D eigenvalue weighted by molar-refractivity contribution is -0.137. The highest BCUT2D eigenvalue weighted by Gasteiger charge is 2.04. The number of carboxylic acids is 1. The van der Waals surface area contributed by atoms with Gasteiger partial charge in [-0.25, -0.2) is 4.98 Å². The van der Waals surface area contributed by atoms with Crippen LogP contribution in [-0.2, 0) is 11.3 Å². The van der Waals surface area contributed by atoms with Crippen LogP contribution in [0.1, 0.15) is 5.56 Å². The smallest absolute Gasteiger partial charge is 0.323 e. The highest BCUT2D eigenvalue weighted by atomic mass is 35.5. The van der Waals surface area contributed by atoms with Gasteiger partial charge < -0.3 is 9.67 Å². The van der Waals surface area contributed by atoms with Crippen LogP contribution in [-0.4, -0.2) is 20.6 Å². The second-order valence-corrected chi connectivity index (χ2v) is 3.26. The lowest BCUT2D eigenvalue weighted by Gasteiger charge is -1.99. The number of aromatic nitrogens is 2. The van der Waals surface area contributed by atoms with E-state index in [1.165, 1.54) is 0 Å². The molecule has 0 amide bonds. The Morgan fingerprint density at radius 3 is 2.93 bits per heavy atom. The van der Waals surface area contributed by atoms with Gasteiger partial charge in [0.2, 0.25) is 0 Å². The molecule has 0 unspecified atom stereocenters. The van der Waals surface area contributed by atoms with Crippen molar-refractivity contribution in [2.45, 2.75) is 13.5 Å². The van der Waals surface area contributed by atoms with Crippen LogP contribution >= 0.6 is 12.4 Å². The highest BCUT2D eigenvalue weighted by Crippen LogP contribution is 2.13. The van der Waals surface area contributed by atoms with Gasteiger partial charge in [0.15, 0.2) is 0 Å². The molecule has 80 valence electrons. The van der Waals surface area contributed by atoms with Gasteiger partial charge in [-0.3, -0.25) is 4.79 Å². The van der Waals surface area contributed by atoms with Crippen molar-refractivity contribution in [3.05, 3.63) is 30.1 Å². The molecule has 0 radical (unpaired) electrons. The van der Waals surface area contributed by atoms with Gasteiger partial charge in [0.1, 0.15) is 6.54 Å². The normalized spacial score (nSPS) is 9.93. The summed E-state index contributed by atoms with van der Waals surface area (Å²) in [6.45, 7) is 1.94. The molecule has 4 nitrogen and oxygen atoms in total. The van der Waals surface area contributed by atoms with E-state index in [1.54, 1.807) is 10.9 Å². The molecule has 0 saturated heterocycles. The van der Waals surface area contributed by atoms with Crippen LogP contribution in [0.4, 0.5) is 0 Å². The van der Waals surface area contributed by atoms with Crippen LogP contribution in [0.25, 0.3) is 11.0 Å². The summed E-state index contributed by atoms with van der Waals surface area (Å²) in [6.07, 6.45) is 1.55. The van der Waals surface area contributed by atoms with Crippen LogP contribution in [0.15, 0.2) is 24.5 Å². The molecule has 0 aliphatic heterocycles. The molecule has 0 aliphatic carbocycles. The predicted octanol–water partition coefficient (Wildman–Crippen LogP) is 1.85. The van der Waals surface area contributed by atoms with Gasteiger partial charge in [0.05, 0.1) is 17.4 Å². The molecule has 0 fully saturated rings. The quantitative estimate of drug-likeness (QED) is 0.850. The Kier molecular flexibility index (Phi) is 3.31. The Balaban J connectivity index is 0.00000112. The number of benzene rings is 1. The summed E-state index contributed by atoms with van der Waals surface area (Å²) >= 11 is 0. The van der Waals surface area contributed by atoms with Crippen molar-refractivity contribution >= 4 is 29.4 Å². The average Bonchev–Trinajstić information content (AvgIpc) is 2.47. The molecular weight excluding hydrogens is 216 g/mol. The van der Waals surface area contributed by atoms with E-state index in [1.807, 2.05) is 25.1 Å². The van der Waals surface area contributed by atoms with Crippen molar-refractivity contribution in [1.82, 2.24) is 9.55 Å². The Morgan fingerprint density at radius 1 is 1.53 bits per heavy atom. The number of rotatable bonds is 2. The van der Waals surface area contributed by atoms with Gasteiger partial charge in [-0.2, -0.15) is 0 Å². The number of aryl methyl sites for hydroxylation is 1. The second-order valence-electron chi connectivity index (χ2n) is 3.26. The maximum atomic E-state index is 10.5. The molecule has 1 N–H and O–H groups in total. The number of carboxylic acid groups (broad SMARTS) is 1. The van der Waals surface area contributed by atoms with Crippen molar-refractivity contribution in [1.29, 1.82) is 0 Å². The molecule has 0 spiro atoms. The van der Waals surface area contributed by atoms with E-state index in [-0.39, 0.29) is 19.0 Å². The van der Waals surface area contributed by atoms with Crippen LogP contribution in [0.2, 0.25) is 0 Å². The minimum Gasteiger partial charge on any atom is -0.480 e. The van der Waals surface area contributed by atoms with Crippen molar-refractivity contribution in [2.75, 3.05) is 0 Å². The van der Waals surface area contributed by atoms with Crippen LogP contribution in [0.5, 0.6) is 0 Å². The Bertz CT molecular complexity index is 493. The Morgan fingerprint density at radius 2 is 2.27 bits per heavy atom. The van der Waals surface area contributed by atoms with Crippen molar-refractivity contribution in [2.24, 2.45) is 0 Å². The molecule has 1 aromatic heterocycles. The third kappa shape index (κ3) is 2.27. The minimum atomic E-state index is -0.857. The first-order valence-corrected chi connectivity index (χ1v) is 4.30. The van der Waals surface area contributed by atoms with Crippen molar-refractivity contribution in [3.8, 4) is 0 Å². The first-order valence-electron chi connectivity index (χ1n) is 4.30. The molecule has 0 aliphatic rings. The fourth-order valence-corrected chi connectivity index (χ4v) is 1.45. The SMILES string of the molecule is Cc1ccc2c(c1)ncn2CC(=O)O.Cl. The summed E-state index contributed by atoms with van der Waals surface area (Å²) in [5.74, 6) is -0.857. The van der Waals surface area contributed by atoms with E-state index < -0.39 is 5.97 Å². The molecule has 0 bridgehead atoms. The van der Waals surface area contributed by atoms with Gasteiger partial charge in [-0.05, 0) is 24.6 Å². The van der Waals surface area contributed by atoms with Crippen LogP contribution in [0, 0.1) is 6.92 Å². The lowest BCUT2D eigenvalue weighted by atomic mass is 10.2. The Hall–Kier alpha value is -1.55. The molecule has 1 aromatic carbocycles. The molecule has 0 saturated carbocycles. The number of fused-ring (bicyclic) bond motifs is 1. The van der Waals surface area contributed by atoms with Crippen LogP contribution in [0.3, 0.4) is 0 Å². The molecule has 1 heterocycles. The van der Waals surface area contributed by atoms with E-state index >= 15 is 0 Å². The first-order chi connectivity index (χ1) is 6.66. The predicted molar refractivity (Wildman–Crippen MR) is 59.4 cm³/mol. The number of aliphatic carboxylic acids is 1. The maximum Gasteiger partial charge on any atom is 0.323 e. The van der Waals surface area contributed by atoms with E-state index in [9.17, 15) is 4.79 Å². The third-order valence-corrected chi connectivity index (χ3v) is 2.08. The topological polar surface area (TPSA) is 55.1 Å². The molecule has 0 atom stereocenters. The highest BCUT2D eigenvalue weighted by molar-refractivity contribution is 5.85. The van der Waals surface area contributed by atoms with Gasteiger partial charge in [-0.15, -0.1) is 12.4 Å². The largest absolute Gasteiger partial charge is 0.480 e. The van der Waals surface area contributed by atoms with E-state index in [2.05, 4.69) is 4.98 Å². The van der Waals surface area contributed by atoms with Gasteiger partial charge in [0, 0.05) is 0 Å². The summed E-state index contributed by atoms with van der Waals surface area (Å²) in [5.41, 5.74) is 2.82. The second kappa shape index (κ2) is 4.31. The fraction of sp³-hybridized carbons (Fsp3) is 0.200. The van der Waals surface area contributed by atoms with Crippen LogP contribution < -0.4 is 0 Å². The van der Waals surface area contributed by atoms with E-state index in [0.717, 1.165) is 16.6 Å². The van der Waals surface area contributed by atoms with Crippen molar-refractivity contribution < 1.29 is 9.90 Å². The summed E-state index contributed by atoms with van der Waals surface area (Å²) in [6, 6.07) is 5.77. The van der Waals surface area contributed by atoms with Crippen molar-refractivity contribution in [3.63, 3.8) is 0 Å². The summed E-state index contributed by atoms with van der Waals surface area (Å²) < 4.78 is 1.62. The monoisotopic (exact) mass is 226 g/mol. The van der Waals surface area contributed by atoms with Gasteiger partial charge >= 0.3 is 5.97 Å². The number of imidazole rings is 1. The zero-order valence-corrected chi connectivity index (χ0v) is 8.99. The average molecular weight is 227 g/mol. The molecule has 2 rings (SSSR count). The summed E-state index contributed by atoms with van der Waals surface area (Å²) in [4.78, 5) is 14.7. The first kappa shape index (κ1) is 11.5. The number of hydrogen-bond donors (Lipinski definition) is 1.